The largest absolute Gasteiger partial charge is 0.450 e. The molecule has 2 heterocycles. The Balaban J connectivity index is 1.99. The maximum absolute atomic E-state index is 15.4. The van der Waals surface area contributed by atoms with Crippen LogP contribution in [-0.4, -0.2) is 165 Å². The topological polar surface area (TPSA) is 211 Å². The van der Waals surface area contributed by atoms with Crippen molar-refractivity contribution in [1.82, 2.24) is 29.8 Å². The van der Waals surface area contributed by atoms with Gasteiger partial charge in [0.2, 0.25) is 29.5 Å². The van der Waals surface area contributed by atoms with Crippen molar-refractivity contribution >= 4 is 68.9 Å². The molecular weight excluding hydrogens is 1080 g/mol. The Hall–Kier alpha value is -5.49. The maximum Gasteiger partial charge on any atom is 0.332 e. The van der Waals surface area contributed by atoms with E-state index in [1.165, 1.54) is 54.6 Å². The van der Waals surface area contributed by atoms with Gasteiger partial charge in [-0.05, 0) is 86.5 Å². The zero-order chi connectivity index (χ0) is 60.2. The van der Waals surface area contributed by atoms with Gasteiger partial charge in [0.15, 0.2) is 23.7 Å². The molecule has 0 aromatic heterocycles. The fourth-order valence-electron chi connectivity index (χ4n) is 11.8. The summed E-state index contributed by atoms with van der Waals surface area (Å²) in [6.07, 6.45) is -0.107. The Morgan fingerprint density at radius 2 is 1.25 bits per heavy atom. The average molecular weight is 1180 g/mol. The van der Waals surface area contributed by atoms with Crippen LogP contribution < -0.4 is 5.32 Å². The number of hydrogen-bond donors (Lipinski definition) is 2. The van der Waals surface area contributed by atoms with Gasteiger partial charge in [-0.25, -0.2) is 4.79 Å². The summed E-state index contributed by atoms with van der Waals surface area (Å²) in [7, 11) is 5.82. The average Bonchev–Trinajstić information content (AvgIpc) is 3.90. The van der Waals surface area contributed by atoms with Crippen molar-refractivity contribution in [1.29, 1.82) is 0 Å². The molecule has 2 N–H and O–H groups in total. The van der Waals surface area contributed by atoms with E-state index < -0.39 is 125 Å². The molecule has 0 saturated carbocycles. The molecule has 4 rings (SSSR count). The van der Waals surface area contributed by atoms with E-state index in [0.717, 1.165) is 14.9 Å². The van der Waals surface area contributed by atoms with Crippen LogP contribution in [0.15, 0.2) is 59.1 Å². The molecule has 2 aromatic rings. The van der Waals surface area contributed by atoms with Gasteiger partial charge in [-0.3, -0.25) is 38.4 Å². The van der Waals surface area contributed by atoms with Crippen molar-refractivity contribution < 1.29 is 53.0 Å². The predicted octanol–water partition coefficient (Wildman–Crippen LogP) is 7.32. The lowest BCUT2D eigenvalue weighted by Crippen LogP contribution is -2.61. The van der Waals surface area contributed by atoms with E-state index in [9.17, 15) is 38.7 Å². The van der Waals surface area contributed by atoms with Gasteiger partial charge in [0.1, 0.15) is 18.1 Å². The predicted molar refractivity (Wildman–Crippen MR) is 311 cm³/mol. The number of amides is 6. The Kier molecular flexibility index (Phi) is 24.7. The Bertz CT molecular complexity index is 2500. The highest BCUT2D eigenvalue weighted by molar-refractivity contribution is 9.10. The van der Waals surface area contributed by atoms with E-state index >= 15 is 9.59 Å². The van der Waals surface area contributed by atoms with Crippen molar-refractivity contribution in [2.24, 2.45) is 41.4 Å². The number of carbonyl (C=O) groups is 9. The van der Waals surface area contributed by atoms with Crippen molar-refractivity contribution in [2.75, 3.05) is 34.7 Å². The summed E-state index contributed by atoms with van der Waals surface area (Å²) in [4.78, 5) is 141. The number of esters is 1. The van der Waals surface area contributed by atoms with Crippen LogP contribution in [0.4, 0.5) is 0 Å². The molecule has 11 atom stereocenters. The molecule has 6 amide bonds. The lowest BCUT2D eigenvalue weighted by atomic mass is 9.82. The van der Waals surface area contributed by atoms with Crippen LogP contribution in [0, 0.1) is 41.4 Å². The number of carbonyl (C=O) groups excluding carboxylic acids is 9. The summed E-state index contributed by atoms with van der Waals surface area (Å²) in [5.41, 5.74) is -0.523. The second-order valence-electron chi connectivity index (χ2n) is 24.4. The summed E-state index contributed by atoms with van der Waals surface area (Å²) in [6.45, 7) is 21.1. The third-order valence-electron chi connectivity index (χ3n) is 16.5. The molecule has 2 aliphatic rings. The smallest absolute Gasteiger partial charge is 0.332 e. The van der Waals surface area contributed by atoms with Crippen molar-refractivity contribution in [3.05, 3.63) is 70.2 Å². The minimum Gasteiger partial charge on any atom is -0.450 e. The lowest BCUT2D eigenvalue weighted by Gasteiger charge is -2.39. The van der Waals surface area contributed by atoms with Gasteiger partial charge < -0.3 is 39.7 Å². The number of ether oxygens (including phenoxy) is 1. The van der Waals surface area contributed by atoms with Crippen molar-refractivity contribution in [3.8, 4) is 0 Å². The van der Waals surface area contributed by atoms with E-state index in [-0.39, 0.29) is 56.3 Å². The summed E-state index contributed by atoms with van der Waals surface area (Å²) < 4.78 is 6.87. The molecule has 0 spiro atoms. The highest BCUT2D eigenvalue weighted by atomic mass is 79.9. The SMILES string of the molecule is CCC(C)[C@@H]1CC(=O)[C@@H]2CCCN2C(=O)C(Cc2cccc(Br)c2)N(C)C(=O)[C@H](Cc2ccccc2)NC(=O)[C@H](C(C)C)N(C)C(=O)[C@@H](C(C)CC)OC(=O)[C@H](C(C)(C)O)N(C)C(=O)[C@H](CC(C)C)CC(=O)[C@H](C(C)C)N(C)C1=O. The van der Waals surface area contributed by atoms with Crippen LogP contribution in [0.5, 0.6) is 0 Å². The first-order valence-electron chi connectivity index (χ1n) is 28.8. The number of ketones is 2. The quantitative estimate of drug-likeness (QED) is 0.190. The number of aliphatic hydroxyl groups is 1. The summed E-state index contributed by atoms with van der Waals surface area (Å²) in [6, 6.07) is 9.12. The van der Waals surface area contributed by atoms with Gasteiger partial charge in [0, 0.05) is 82.6 Å². The highest BCUT2D eigenvalue weighted by Gasteiger charge is 2.48. The number of nitrogens with zero attached hydrogens (tertiary/aromatic N) is 5. The first-order valence-corrected chi connectivity index (χ1v) is 29.6. The number of Topliss-reactive ketones (excluding diaryl/α,β-unsaturated/α-hetero) is 2. The first-order chi connectivity index (χ1) is 37.4. The van der Waals surface area contributed by atoms with Gasteiger partial charge in [-0.1, -0.05) is 134 Å². The lowest BCUT2D eigenvalue weighted by molar-refractivity contribution is -0.178. The molecule has 444 valence electrons. The van der Waals surface area contributed by atoms with Crippen LogP contribution in [0.25, 0.3) is 0 Å². The fraction of sp³-hybridized carbons (Fsp3) is 0.661. The number of likely N-dealkylation sites (N-methyl/N-ethyl adjacent to an activating group) is 4. The summed E-state index contributed by atoms with van der Waals surface area (Å²) in [5.74, 6) is -9.34. The third-order valence-corrected chi connectivity index (χ3v) is 17.0. The normalized spacial score (nSPS) is 26.5. The van der Waals surface area contributed by atoms with Crippen LogP contribution >= 0.6 is 15.9 Å². The Morgan fingerprint density at radius 1 is 0.662 bits per heavy atom. The van der Waals surface area contributed by atoms with E-state index in [4.69, 9.17) is 4.74 Å². The van der Waals surface area contributed by atoms with Gasteiger partial charge >= 0.3 is 5.97 Å². The number of rotatable bonds is 13. The van der Waals surface area contributed by atoms with E-state index in [1.54, 1.807) is 46.9 Å². The Morgan fingerprint density at radius 3 is 1.80 bits per heavy atom. The number of benzene rings is 2. The van der Waals surface area contributed by atoms with Crippen molar-refractivity contribution in [3.63, 3.8) is 0 Å². The summed E-state index contributed by atoms with van der Waals surface area (Å²) >= 11 is 3.55. The summed E-state index contributed by atoms with van der Waals surface area (Å²) in [5, 5.41) is 14.7. The van der Waals surface area contributed by atoms with Crippen LogP contribution in [0.2, 0.25) is 0 Å². The van der Waals surface area contributed by atoms with Crippen molar-refractivity contribution in [2.45, 2.75) is 189 Å². The van der Waals surface area contributed by atoms with Crippen LogP contribution in [-0.2, 0) is 60.7 Å². The molecule has 3 unspecified atom stereocenters. The van der Waals surface area contributed by atoms with E-state index in [2.05, 4.69) is 21.2 Å². The first kappa shape index (κ1) is 67.0. The molecule has 2 aliphatic heterocycles. The zero-order valence-electron chi connectivity index (χ0n) is 50.5. The standard InChI is InChI=1S/C62H93BrN6O11/c1-17-39(9)45-35-49(70)47-28-23-29-69(47)59(76)48(33-42-26-22-27-44(63)31-42)65(13)58(75)46(32-41-24-20-19-21-25-41)64-55(72)52(38(7)8)67(15)60(77)53(40(10)18-2)80-61(78)54(62(11,12)79)68(16)56(73)43(30-36(3)4)34-50(71)51(37(5)6)66(14)57(45)74/h19-22,24-27,31,36-40,43,45-48,51-54,79H,17-18,23,28-30,32-35H2,1-16H3,(H,64,72)/t39?,40?,43-,45+,46+,47+,48?,51+,52+,53-,54-/m1/s1. The monoisotopic (exact) mass is 1180 g/mol. The van der Waals surface area contributed by atoms with Crippen LogP contribution in [0.1, 0.15) is 139 Å². The fourth-order valence-corrected chi connectivity index (χ4v) is 12.2. The number of cyclic esters (lactones) is 1. The molecule has 0 aliphatic carbocycles. The van der Waals surface area contributed by atoms with Gasteiger partial charge in [0.25, 0.3) is 5.91 Å². The van der Waals surface area contributed by atoms with Gasteiger partial charge in [-0.15, -0.1) is 0 Å². The van der Waals surface area contributed by atoms with Crippen LogP contribution in [0.3, 0.4) is 0 Å². The number of fused-ring (bicyclic) bond motifs is 1. The second kappa shape index (κ2) is 29.5. The zero-order valence-corrected chi connectivity index (χ0v) is 52.1. The molecule has 17 nitrogen and oxygen atoms in total. The molecular formula is C62H93BrN6O11. The molecule has 0 bridgehead atoms. The van der Waals surface area contributed by atoms with E-state index in [0.29, 0.717) is 31.2 Å². The molecule has 80 heavy (non-hydrogen) atoms. The molecule has 2 fully saturated rings. The minimum absolute atomic E-state index is 0.000701. The molecule has 0 radical (unpaired) electrons. The number of hydrogen-bond acceptors (Lipinski definition) is 11. The van der Waals surface area contributed by atoms with Gasteiger partial charge in [0.05, 0.1) is 17.7 Å². The molecule has 2 saturated heterocycles. The van der Waals surface area contributed by atoms with Gasteiger partial charge in [-0.2, -0.15) is 0 Å². The minimum atomic E-state index is -1.94. The number of halogens is 1. The third kappa shape index (κ3) is 16.8. The Labute approximate surface area is 484 Å². The molecule has 18 heteroatoms. The highest BCUT2D eigenvalue weighted by Crippen LogP contribution is 2.32. The maximum atomic E-state index is 15.4. The van der Waals surface area contributed by atoms with E-state index in [1.807, 2.05) is 84.0 Å². The second-order valence-corrected chi connectivity index (χ2v) is 25.3. The number of nitrogens with one attached hydrogen (secondary N) is 1. The molecule has 2 aromatic carbocycles.